The number of hydrogen-bond acceptors (Lipinski definition) is 3. The van der Waals surface area contributed by atoms with E-state index in [4.69, 9.17) is 11.6 Å². The predicted molar refractivity (Wildman–Crippen MR) is 111 cm³/mol. The van der Waals surface area contributed by atoms with Gasteiger partial charge in [-0.25, -0.2) is 0 Å². The fourth-order valence-electron chi connectivity index (χ4n) is 3.41. The van der Waals surface area contributed by atoms with E-state index in [2.05, 4.69) is 4.90 Å². The molecule has 0 atom stereocenters. The molecule has 1 fully saturated rings. The maximum absolute atomic E-state index is 13.2. The number of carbonyl (C=O) groups excluding carboxylic acids is 1. The van der Waals surface area contributed by atoms with E-state index in [1.807, 2.05) is 60.7 Å². The molecule has 132 valence electrons. The third-order valence-corrected chi connectivity index (χ3v) is 6.33. The number of halogens is 1. The normalized spacial score (nSPS) is 14.4. The standard InChI is InChI=1S/C22H20ClNOS/c23-19-12-6-5-11-17(19)20-15-18(21(25)16-9-3-1-4-10-16)22(26-20)24-13-7-2-8-14-24/h1,3-6,9-12,15H,2,7-8,13-14H2. The first kappa shape index (κ1) is 17.3. The Morgan fingerprint density at radius 2 is 1.62 bits per heavy atom. The highest BCUT2D eigenvalue weighted by atomic mass is 35.5. The number of thiophene rings is 1. The van der Waals surface area contributed by atoms with Crippen molar-refractivity contribution in [3.63, 3.8) is 0 Å². The second kappa shape index (κ2) is 7.65. The fraction of sp³-hybridized carbons (Fsp3) is 0.227. The molecule has 3 aromatic rings. The monoisotopic (exact) mass is 381 g/mol. The van der Waals surface area contributed by atoms with E-state index in [1.165, 1.54) is 19.3 Å². The van der Waals surface area contributed by atoms with Crippen LogP contribution < -0.4 is 4.90 Å². The Hall–Kier alpha value is -2.10. The largest absolute Gasteiger partial charge is 0.363 e. The van der Waals surface area contributed by atoms with Crippen LogP contribution in [0.3, 0.4) is 0 Å². The van der Waals surface area contributed by atoms with Gasteiger partial charge in [-0.05, 0) is 31.4 Å². The Balaban J connectivity index is 1.80. The topological polar surface area (TPSA) is 20.3 Å². The van der Waals surface area contributed by atoms with Gasteiger partial charge in [-0.15, -0.1) is 11.3 Å². The van der Waals surface area contributed by atoms with Crippen LogP contribution >= 0.6 is 22.9 Å². The molecule has 0 bridgehead atoms. The average molecular weight is 382 g/mol. The number of benzene rings is 2. The van der Waals surface area contributed by atoms with Crippen molar-refractivity contribution < 1.29 is 4.79 Å². The molecule has 0 radical (unpaired) electrons. The summed E-state index contributed by atoms with van der Waals surface area (Å²) in [6.45, 7) is 2.02. The van der Waals surface area contributed by atoms with Crippen molar-refractivity contribution in [1.82, 2.24) is 0 Å². The number of ketones is 1. The highest BCUT2D eigenvalue weighted by molar-refractivity contribution is 7.20. The van der Waals surface area contributed by atoms with Gasteiger partial charge in [0.25, 0.3) is 0 Å². The van der Waals surface area contributed by atoms with Gasteiger partial charge in [0.15, 0.2) is 5.78 Å². The highest BCUT2D eigenvalue weighted by Crippen LogP contribution is 2.41. The van der Waals surface area contributed by atoms with Crippen molar-refractivity contribution in [3.8, 4) is 10.4 Å². The van der Waals surface area contributed by atoms with Crippen LogP contribution in [0.25, 0.3) is 10.4 Å². The number of hydrogen-bond donors (Lipinski definition) is 0. The van der Waals surface area contributed by atoms with Crippen LogP contribution in [0.4, 0.5) is 5.00 Å². The van der Waals surface area contributed by atoms with Crippen molar-refractivity contribution in [2.75, 3.05) is 18.0 Å². The molecule has 2 heterocycles. The second-order valence-corrected chi connectivity index (χ2v) is 7.99. The van der Waals surface area contributed by atoms with E-state index >= 15 is 0 Å². The molecule has 0 saturated carbocycles. The van der Waals surface area contributed by atoms with Crippen molar-refractivity contribution in [3.05, 3.63) is 76.8 Å². The summed E-state index contributed by atoms with van der Waals surface area (Å²) >= 11 is 8.09. The second-order valence-electron chi connectivity index (χ2n) is 6.55. The summed E-state index contributed by atoms with van der Waals surface area (Å²) in [5, 5.41) is 1.80. The van der Waals surface area contributed by atoms with E-state index in [-0.39, 0.29) is 5.78 Å². The van der Waals surface area contributed by atoms with E-state index in [9.17, 15) is 4.79 Å². The third-order valence-electron chi connectivity index (χ3n) is 4.78. The van der Waals surface area contributed by atoms with Gasteiger partial charge < -0.3 is 4.90 Å². The first-order valence-corrected chi connectivity index (χ1v) is 10.2. The summed E-state index contributed by atoms with van der Waals surface area (Å²) in [6.07, 6.45) is 3.62. The lowest BCUT2D eigenvalue weighted by Gasteiger charge is -2.28. The zero-order chi connectivity index (χ0) is 17.9. The summed E-state index contributed by atoms with van der Waals surface area (Å²) in [5.74, 6) is 0.0840. The van der Waals surface area contributed by atoms with Crippen LogP contribution in [-0.4, -0.2) is 18.9 Å². The molecule has 0 unspecified atom stereocenters. The van der Waals surface area contributed by atoms with E-state index in [1.54, 1.807) is 11.3 Å². The van der Waals surface area contributed by atoms with Crippen LogP contribution in [0.15, 0.2) is 60.7 Å². The molecule has 1 aromatic heterocycles. The third kappa shape index (κ3) is 3.42. The lowest BCUT2D eigenvalue weighted by molar-refractivity contribution is 0.103. The van der Waals surface area contributed by atoms with Crippen LogP contribution in [0.2, 0.25) is 5.02 Å². The van der Waals surface area contributed by atoms with Gasteiger partial charge in [0, 0.05) is 34.1 Å². The fourth-order valence-corrected chi connectivity index (χ4v) is 4.95. The quantitative estimate of drug-likeness (QED) is 0.495. The molecule has 4 heteroatoms. The summed E-state index contributed by atoms with van der Waals surface area (Å²) in [6, 6.07) is 19.4. The minimum absolute atomic E-state index is 0.0840. The molecule has 0 amide bonds. The molecular weight excluding hydrogens is 362 g/mol. The molecule has 2 nitrogen and oxygen atoms in total. The molecule has 1 aliphatic rings. The van der Waals surface area contributed by atoms with Crippen molar-refractivity contribution in [1.29, 1.82) is 0 Å². The Morgan fingerprint density at radius 1 is 0.923 bits per heavy atom. The minimum atomic E-state index is 0.0840. The lowest BCUT2D eigenvalue weighted by atomic mass is 10.0. The molecule has 0 aliphatic carbocycles. The van der Waals surface area contributed by atoms with Crippen LogP contribution in [0.1, 0.15) is 35.2 Å². The highest BCUT2D eigenvalue weighted by Gasteiger charge is 2.24. The summed E-state index contributed by atoms with van der Waals surface area (Å²) in [4.78, 5) is 16.6. The number of anilines is 1. The Bertz CT molecular complexity index is 913. The number of nitrogens with zero attached hydrogens (tertiary/aromatic N) is 1. The van der Waals surface area contributed by atoms with E-state index < -0.39 is 0 Å². The van der Waals surface area contributed by atoms with Crippen LogP contribution in [0, 0.1) is 0 Å². The first-order valence-electron chi connectivity index (χ1n) is 8.97. The van der Waals surface area contributed by atoms with Crippen molar-refractivity contribution in [2.45, 2.75) is 19.3 Å². The molecular formula is C22H20ClNOS. The van der Waals surface area contributed by atoms with Crippen molar-refractivity contribution in [2.24, 2.45) is 0 Å². The van der Waals surface area contributed by atoms with Crippen LogP contribution in [-0.2, 0) is 0 Å². The molecule has 1 aliphatic heterocycles. The van der Waals surface area contributed by atoms with E-state index in [0.29, 0.717) is 0 Å². The summed E-state index contributed by atoms with van der Waals surface area (Å²) in [5.41, 5.74) is 2.51. The molecule has 1 saturated heterocycles. The SMILES string of the molecule is O=C(c1ccccc1)c1cc(-c2ccccc2Cl)sc1N1CCCCC1. The maximum atomic E-state index is 13.2. The van der Waals surface area contributed by atoms with Gasteiger partial charge >= 0.3 is 0 Å². The van der Waals surface area contributed by atoms with Crippen molar-refractivity contribution >= 4 is 33.7 Å². The zero-order valence-corrected chi connectivity index (χ0v) is 16.0. The first-order chi connectivity index (χ1) is 12.7. The van der Waals surface area contributed by atoms with Gasteiger partial charge in [0.05, 0.1) is 5.56 Å². The number of piperidine rings is 1. The van der Waals surface area contributed by atoms with Gasteiger partial charge in [0.1, 0.15) is 5.00 Å². The number of rotatable bonds is 4. The summed E-state index contributed by atoms with van der Waals surface area (Å²) in [7, 11) is 0. The Kier molecular flexibility index (Phi) is 5.09. The smallest absolute Gasteiger partial charge is 0.196 e. The minimum Gasteiger partial charge on any atom is -0.363 e. The predicted octanol–water partition coefficient (Wildman–Crippen LogP) is 6.29. The molecule has 0 spiro atoms. The molecule has 0 N–H and O–H groups in total. The number of carbonyl (C=O) groups is 1. The zero-order valence-electron chi connectivity index (χ0n) is 14.5. The Morgan fingerprint density at radius 3 is 2.35 bits per heavy atom. The van der Waals surface area contributed by atoms with Gasteiger partial charge in [0.2, 0.25) is 0 Å². The van der Waals surface area contributed by atoms with Gasteiger partial charge in [-0.3, -0.25) is 4.79 Å². The average Bonchev–Trinajstić information content (AvgIpc) is 3.14. The van der Waals surface area contributed by atoms with Gasteiger partial charge in [-0.1, -0.05) is 60.1 Å². The van der Waals surface area contributed by atoms with Gasteiger partial charge in [-0.2, -0.15) is 0 Å². The Labute approximate surface area is 163 Å². The maximum Gasteiger partial charge on any atom is 0.196 e. The molecule has 26 heavy (non-hydrogen) atoms. The molecule has 4 rings (SSSR count). The lowest BCUT2D eigenvalue weighted by Crippen LogP contribution is -2.29. The van der Waals surface area contributed by atoms with Crippen LogP contribution in [0.5, 0.6) is 0 Å². The summed E-state index contributed by atoms with van der Waals surface area (Å²) < 4.78 is 0. The molecule has 2 aromatic carbocycles. The van der Waals surface area contributed by atoms with E-state index in [0.717, 1.165) is 44.7 Å².